The van der Waals surface area contributed by atoms with Crippen LogP contribution in [0.3, 0.4) is 0 Å². The van der Waals surface area contributed by atoms with Crippen molar-refractivity contribution in [2.24, 2.45) is 0 Å². The lowest BCUT2D eigenvalue weighted by Crippen LogP contribution is -2.43. The van der Waals surface area contributed by atoms with E-state index in [0.717, 1.165) is 31.5 Å². The number of halogens is 1. The Balaban J connectivity index is 1.85. The van der Waals surface area contributed by atoms with Crippen molar-refractivity contribution in [2.75, 3.05) is 33.7 Å². The van der Waals surface area contributed by atoms with Crippen LogP contribution in [0.1, 0.15) is 23.2 Å². The van der Waals surface area contributed by atoms with E-state index in [9.17, 15) is 4.79 Å². The van der Waals surface area contributed by atoms with Crippen molar-refractivity contribution >= 4 is 17.4 Å². The van der Waals surface area contributed by atoms with E-state index in [2.05, 4.69) is 23.9 Å². The van der Waals surface area contributed by atoms with E-state index >= 15 is 0 Å². The van der Waals surface area contributed by atoms with Crippen LogP contribution in [0.25, 0.3) is 0 Å². The zero-order valence-corrected chi connectivity index (χ0v) is 12.4. The van der Waals surface area contributed by atoms with E-state index in [-0.39, 0.29) is 5.78 Å². The summed E-state index contributed by atoms with van der Waals surface area (Å²) >= 11 is 5.83. The van der Waals surface area contributed by atoms with Gasteiger partial charge in [0.25, 0.3) is 0 Å². The van der Waals surface area contributed by atoms with Crippen molar-refractivity contribution in [1.29, 1.82) is 0 Å². The minimum Gasteiger partial charge on any atom is -0.306 e. The van der Waals surface area contributed by atoms with Crippen LogP contribution in [0.15, 0.2) is 24.3 Å². The van der Waals surface area contributed by atoms with E-state index < -0.39 is 0 Å². The molecule has 0 aromatic heterocycles. The first kappa shape index (κ1) is 14.5. The summed E-state index contributed by atoms with van der Waals surface area (Å²) in [5.41, 5.74) is 0.749. The fourth-order valence-electron chi connectivity index (χ4n) is 2.52. The first-order valence-electron chi connectivity index (χ1n) is 6.74. The Morgan fingerprint density at radius 2 is 1.84 bits per heavy atom. The van der Waals surface area contributed by atoms with Gasteiger partial charge in [-0.1, -0.05) is 11.6 Å². The second kappa shape index (κ2) is 6.51. The maximum absolute atomic E-state index is 12.1. The van der Waals surface area contributed by atoms with E-state index in [1.807, 2.05) is 0 Å². The number of likely N-dealkylation sites (tertiary alicyclic amines) is 1. The normalized spacial score (nSPS) is 17.9. The van der Waals surface area contributed by atoms with Gasteiger partial charge in [-0.2, -0.15) is 0 Å². The lowest BCUT2D eigenvalue weighted by Gasteiger charge is -2.34. The molecular formula is C15H21ClN2O. The number of nitrogens with zero attached hydrogens (tertiary/aromatic N) is 2. The van der Waals surface area contributed by atoms with Gasteiger partial charge in [-0.3, -0.25) is 9.69 Å². The number of carbonyl (C=O) groups excluding carboxylic acids is 1. The summed E-state index contributed by atoms with van der Waals surface area (Å²) in [4.78, 5) is 16.7. The third-order valence-electron chi connectivity index (χ3n) is 3.82. The molecule has 0 radical (unpaired) electrons. The van der Waals surface area contributed by atoms with Gasteiger partial charge in [0.1, 0.15) is 0 Å². The van der Waals surface area contributed by atoms with Crippen LogP contribution in [-0.4, -0.2) is 55.4 Å². The number of rotatable bonds is 4. The van der Waals surface area contributed by atoms with Gasteiger partial charge < -0.3 is 4.90 Å². The standard InChI is InChI=1S/C15H21ClN2O/c1-17(2)14-7-9-18(10-8-14)11-15(19)12-3-5-13(16)6-4-12/h3-6,14H,7-11H2,1-2H3. The highest BCUT2D eigenvalue weighted by atomic mass is 35.5. The smallest absolute Gasteiger partial charge is 0.176 e. The second-order valence-electron chi connectivity index (χ2n) is 5.40. The predicted octanol–water partition coefficient (Wildman–Crippen LogP) is 2.55. The molecule has 1 fully saturated rings. The molecule has 0 atom stereocenters. The number of ketones is 1. The summed E-state index contributed by atoms with van der Waals surface area (Å²) in [5, 5.41) is 0.670. The molecule has 1 aliphatic rings. The minimum atomic E-state index is 0.181. The molecule has 0 aliphatic carbocycles. The Morgan fingerprint density at radius 1 is 1.26 bits per heavy atom. The summed E-state index contributed by atoms with van der Waals surface area (Å²) in [6.07, 6.45) is 2.28. The molecule has 3 nitrogen and oxygen atoms in total. The first-order chi connectivity index (χ1) is 9.06. The number of Topliss-reactive ketones (excluding diaryl/α,β-unsaturated/α-hetero) is 1. The van der Waals surface area contributed by atoms with Crippen molar-refractivity contribution in [2.45, 2.75) is 18.9 Å². The monoisotopic (exact) mass is 280 g/mol. The quantitative estimate of drug-likeness (QED) is 0.792. The number of carbonyl (C=O) groups is 1. The lowest BCUT2D eigenvalue weighted by atomic mass is 10.0. The number of hydrogen-bond donors (Lipinski definition) is 0. The van der Waals surface area contributed by atoms with Gasteiger partial charge in [0, 0.05) is 29.7 Å². The summed E-state index contributed by atoms with van der Waals surface area (Å²) < 4.78 is 0. The molecule has 0 spiro atoms. The van der Waals surface area contributed by atoms with Gasteiger partial charge in [-0.15, -0.1) is 0 Å². The lowest BCUT2D eigenvalue weighted by molar-refractivity contribution is 0.0874. The molecule has 0 bridgehead atoms. The first-order valence-corrected chi connectivity index (χ1v) is 7.11. The highest BCUT2D eigenvalue weighted by Gasteiger charge is 2.22. The molecule has 104 valence electrons. The Labute approximate surface area is 120 Å². The maximum Gasteiger partial charge on any atom is 0.176 e. The summed E-state index contributed by atoms with van der Waals surface area (Å²) in [7, 11) is 4.25. The van der Waals surface area contributed by atoms with Gasteiger partial charge in [-0.05, 0) is 51.2 Å². The molecule has 0 amide bonds. The van der Waals surface area contributed by atoms with E-state index in [1.165, 1.54) is 0 Å². The number of benzene rings is 1. The Kier molecular flexibility index (Phi) is 4.97. The summed E-state index contributed by atoms with van der Waals surface area (Å²) in [6.45, 7) is 2.52. The summed E-state index contributed by atoms with van der Waals surface area (Å²) in [5.74, 6) is 0.181. The van der Waals surface area contributed by atoms with Gasteiger partial charge in [0.05, 0.1) is 6.54 Å². The van der Waals surface area contributed by atoms with E-state index in [1.54, 1.807) is 24.3 Å². The summed E-state index contributed by atoms with van der Waals surface area (Å²) in [6, 6.07) is 7.80. The largest absolute Gasteiger partial charge is 0.306 e. The van der Waals surface area contributed by atoms with Crippen LogP contribution in [0.2, 0.25) is 5.02 Å². The zero-order valence-electron chi connectivity index (χ0n) is 11.6. The number of piperidine rings is 1. The van der Waals surface area contributed by atoms with Crippen LogP contribution in [0, 0.1) is 0 Å². The van der Waals surface area contributed by atoms with Crippen molar-refractivity contribution in [1.82, 2.24) is 9.80 Å². The number of hydrogen-bond acceptors (Lipinski definition) is 3. The van der Waals surface area contributed by atoms with Gasteiger partial charge >= 0.3 is 0 Å². The van der Waals surface area contributed by atoms with Crippen LogP contribution in [0.5, 0.6) is 0 Å². The van der Waals surface area contributed by atoms with Gasteiger partial charge in [-0.25, -0.2) is 0 Å². The van der Waals surface area contributed by atoms with Crippen LogP contribution in [0.4, 0.5) is 0 Å². The molecule has 4 heteroatoms. The third kappa shape index (κ3) is 4.03. The Morgan fingerprint density at radius 3 is 2.37 bits per heavy atom. The predicted molar refractivity (Wildman–Crippen MR) is 78.9 cm³/mol. The molecule has 1 aromatic carbocycles. The molecule has 0 saturated carbocycles. The Hall–Kier alpha value is -0.900. The topological polar surface area (TPSA) is 23.6 Å². The SMILES string of the molecule is CN(C)C1CCN(CC(=O)c2ccc(Cl)cc2)CC1. The molecule has 0 N–H and O–H groups in total. The van der Waals surface area contributed by atoms with Crippen molar-refractivity contribution in [3.8, 4) is 0 Å². The van der Waals surface area contributed by atoms with Crippen LogP contribution < -0.4 is 0 Å². The third-order valence-corrected chi connectivity index (χ3v) is 4.07. The molecule has 1 aromatic rings. The molecule has 1 aliphatic heterocycles. The molecular weight excluding hydrogens is 260 g/mol. The van der Waals surface area contributed by atoms with Crippen molar-refractivity contribution in [3.05, 3.63) is 34.9 Å². The zero-order chi connectivity index (χ0) is 13.8. The highest BCUT2D eigenvalue weighted by Crippen LogP contribution is 2.15. The van der Waals surface area contributed by atoms with Crippen LogP contribution >= 0.6 is 11.6 Å². The van der Waals surface area contributed by atoms with E-state index in [0.29, 0.717) is 17.6 Å². The van der Waals surface area contributed by atoms with Crippen LogP contribution in [-0.2, 0) is 0 Å². The fraction of sp³-hybridized carbons (Fsp3) is 0.533. The van der Waals surface area contributed by atoms with E-state index in [4.69, 9.17) is 11.6 Å². The minimum absolute atomic E-state index is 0.181. The van der Waals surface area contributed by atoms with Gasteiger partial charge in [0.15, 0.2) is 5.78 Å². The maximum atomic E-state index is 12.1. The molecule has 19 heavy (non-hydrogen) atoms. The Bertz CT molecular complexity index is 422. The van der Waals surface area contributed by atoms with Crippen molar-refractivity contribution < 1.29 is 4.79 Å². The van der Waals surface area contributed by atoms with Crippen molar-refractivity contribution in [3.63, 3.8) is 0 Å². The van der Waals surface area contributed by atoms with Gasteiger partial charge in [0.2, 0.25) is 0 Å². The molecule has 1 saturated heterocycles. The molecule has 0 unspecified atom stereocenters. The fourth-order valence-corrected chi connectivity index (χ4v) is 2.65. The molecule has 1 heterocycles. The second-order valence-corrected chi connectivity index (χ2v) is 5.84. The average Bonchev–Trinajstić information content (AvgIpc) is 2.40. The average molecular weight is 281 g/mol. The highest BCUT2D eigenvalue weighted by molar-refractivity contribution is 6.30. The molecule has 2 rings (SSSR count).